The third-order valence-corrected chi connectivity index (χ3v) is 4.28. The molecule has 0 spiro atoms. The molecule has 4 rings (SSSR count). The molecule has 0 aliphatic heterocycles. The molecule has 1 aromatic carbocycles. The number of rotatable bonds is 6. The fraction of sp³-hybridized carbons (Fsp3) is 0.0952. The van der Waals surface area contributed by atoms with E-state index >= 15 is 0 Å². The van der Waals surface area contributed by atoms with Crippen LogP contribution in [0.1, 0.15) is 16.2 Å². The molecule has 0 aliphatic rings. The van der Waals surface area contributed by atoms with Crippen molar-refractivity contribution < 1.29 is 9.53 Å². The molecule has 3 aromatic heterocycles. The number of hydrogen-bond donors (Lipinski definition) is 2. The molecule has 29 heavy (non-hydrogen) atoms. The Bertz CT molecular complexity index is 1110. The zero-order valence-electron chi connectivity index (χ0n) is 15.7. The first kappa shape index (κ1) is 18.3. The smallest absolute Gasteiger partial charge is 0.253 e. The molecular formula is C21H18N6O2. The first-order valence-corrected chi connectivity index (χ1v) is 8.93. The highest BCUT2D eigenvalue weighted by Crippen LogP contribution is 2.22. The van der Waals surface area contributed by atoms with Crippen molar-refractivity contribution in [1.29, 1.82) is 0 Å². The number of nitrogens with one attached hydrogen (secondary N) is 2. The van der Waals surface area contributed by atoms with Crippen LogP contribution < -0.4 is 10.1 Å². The third kappa shape index (κ3) is 4.27. The van der Waals surface area contributed by atoms with E-state index in [2.05, 4.69) is 30.5 Å². The van der Waals surface area contributed by atoms with Crippen LogP contribution in [0, 0.1) is 0 Å². The molecule has 0 saturated heterocycles. The standard InChI is InChI=1S/C21H18N6O2/c1-29-17-6-2-4-14(10-17)18-8-7-16(12-23-18)21(28)24-13-19-25-20(27-26-19)15-5-3-9-22-11-15/h2-12H,13H2,1H3,(H,24,28)(H,25,26,27). The van der Waals surface area contributed by atoms with Gasteiger partial charge >= 0.3 is 0 Å². The molecule has 8 nitrogen and oxygen atoms in total. The summed E-state index contributed by atoms with van der Waals surface area (Å²) < 4.78 is 5.23. The fourth-order valence-electron chi connectivity index (χ4n) is 2.76. The van der Waals surface area contributed by atoms with Gasteiger partial charge in [0.05, 0.1) is 24.9 Å². The van der Waals surface area contributed by atoms with E-state index in [0.29, 0.717) is 17.2 Å². The van der Waals surface area contributed by atoms with Gasteiger partial charge in [0.25, 0.3) is 5.91 Å². The van der Waals surface area contributed by atoms with Crippen molar-refractivity contribution in [3.63, 3.8) is 0 Å². The maximum absolute atomic E-state index is 12.4. The molecule has 0 bridgehead atoms. The number of carbonyl (C=O) groups is 1. The van der Waals surface area contributed by atoms with Crippen LogP contribution in [0.25, 0.3) is 22.6 Å². The third-order valence-electron chi connectivity index (χ3n) is 4.28. The highest BCUT2D eigenvalue weighted by molar-refractivity contribution is 5.94. The van der Waals surface area contributed by atoms with Crippen molar-refractivity contribution in [2.45, 2.75) is 6.54 Å². The van der Waals surface area contributed by atoms with E-state index < -0.39 is 0 Å². The van der Waals surface area contributed by atoms with E-state index in [1.807, 2.05) is 36.4 Å². The Balaban J connectivity index is 1.39. The van der Waals surface area contributed by atoms with Crippen molar-refractivity contribution in [3.05, 3.63) is 78.5 Å². The summed E-state index contributed by atoms with van der Waals surface area (Å²) in [6.07, 6.45) is 4.93. The van der Waals surface area contributed by atoms with Crippen LogP contribution in [0.4, 0.5) is 0 Å². The summed E-state index contributed by atoms with van der Waals surface area (Å²) in [4.78, 5) is 23.9. The second-order valence-corrected chi connectivity index (χ2v) is 6.21. The lowest BCUT2D eigenvalue weighted by Crippen LogP contribution is -2.23. The zero-order chi connectivity index (χ0) is 20.1. The molecule has 0 radical (unpaired) electrons. The average molecular weight is 386 g/mol. The minimum absolute atomic E-state index is 0.226. The number of aromatic amines is 1. The molecule has 144 valence electrons. The quantitative estimate of drug-likeness (QED) is 0.528. The van der Waals surface area contributed by atoms with Gasteiger partial charge in [0, 0.05) is 29.7 Å². The van der Waals surface area contributed by atoms with E-state index in [-0.39, 0.29) is 12.5 Å². The van der Waals surface area contributed by atoms with Crippen molar-refractivity contribution >= 4 is 5.91 Å². The molecule has 0 unspecified atom stereocenters. The monoisotopic (exact) mass is 386 g/mol. The highest BCUT2D eigenvalue weighted by Gasteiger charge is 2.10. The number of nitrogens with zero attached hydrogens (tertiary/aromatic N) is 4. The number of benzene rings is 1. The molecule has 1 amide bonds. The van der Waals surface area contributed by atoms with Gasteiger partial charge in [-0.05, 0) is 36.4 Å². The molecule has 0 aliphatic carbocycles. The number of carbonyl (C=O) groups excluding carboxylic acids is 1. The summed E-state index contributed by atoms with van der Waals surface area (Å²) in [5.41, 5.74) is 2.97. The number of aromatic nitrogens is 5. The van der Waals surface area contributed by atoms with Gasteiger partial charge in [-0.1, -0.05) is 12.1 Å². The van der Waals surface area contributed by atoms with Crippen molar-refractivity contribution in [3.8, 4) is 28.4 Å². The largest absolute Gasteiger partial charge is 0.497 e. The first-order valence-electron chi connectivity index (χ1n) is 8.93. The Morgan fingerprint density at radius 3 is 2.72 bits per heavy atom. The molecule has 2 N–H and O–H groups in total. The average Bonchev–Trinajstić information content (AvgIpc) is 3.27. The van der Waals surface area contributed by atoms with Gasteiger partial charge in [-0.2, -0.15) is 0 Å². The van der Waals surface area contributed by atoms with Gasteiger partial charge in [0.2, 0.25) is 0 Å². The van der Waals surface area contributed by atoms with Crippen LogP contribution in [0.2, 0.25) is 0 Å². The molecule has 0 atom stereocenters. The Hall–Kier alpha value is -4.07. The minimum atomic E-state index is -0.242. The number of hydrogen-bond acceptors (Lipinski definition) is 6. The van der Waals surface area contributed by atoms with Crippen LogP contribution in [-0.2, 0) is 6.54 Å². The van der Waals surface area contributed by atoms with E-state index in [1.165, 1.54) is 0 Å². The normalized spacial score (nSPS) is 10.5. The van der Waals surface area contributed by atoms with E-state index in [0.717, 1.165) is 22.6 Å². The highest BCUT2D eigenvalue weighted by atomic mass is 16.5. The van der Waals surface area contributed by atoms with Gasteiger partial charge in [0.15, 0.2) is 5.82 Å². The van der Waals surface area contributed by atoms with Gasteiger partial charge < -0.3 is 15.0 Å². The Kier molecular flexibility index (Phi) is 5.24. The van der Waals surface area contributed by atoms with Crippen LogP contribution in [0.3, 0.4) is 0 Å². The maximum atomic E-state index is 12.4. The lowest BCUT2D eigenvalue weighted by molar-refractivity contribution is 0.0949. The number of ether oxygens (including phenoxy) is 1. The molecule has 0 fully saturated rings. The molecule has 0 saturated carbocycles. The minimum Gasteiger partial charge on any atom is -0.497 e. The summed E-state index contributed by atoms with van der Waals surface area (Å²) in [5.74, 6) is 1.67. The second-order valence-electron chi connectivity index (χ2n) is 6.21. The van der Waals surface area contributed by atoms with Gasteiger partial charge in [-0.15, -0.1) is 10.2 Å². The van der Waals surface area contributed by atoms with Gasteiger partial charge in [0.1, 0.15) is 11.6 Å². The maximum Gasteiger partial charge on any atom is 0.253 e. The topological polar surface area (TPSA) is 106 Å². The van der Waals surface area contributed by atoms with Crippen molar-refractivity contribution in [2.75, 3.05) is 7.11 Å². The fourth-order valence-corrected chi connectivity index (χ4v) is 2.76. The molecule has 3 heterocycles. The Morgan fingerprint density at radius 1 is 1.07 bits per heavy atom. The number of H-pyrrole nitrogens is 1. The van der Waals surface area contributed by atoms with Crippen LogP contribution in [0.15, 0.2) is 67.1 Å². The number of amides is 1. The number of pyridine rings is 2. The lowest BCUT2D eigenvalue weighted by atomic mass is 10.1. The number of methoxy groups -OCH3 is 1. The molecule has 4 aromatic rings. The van der Waals surface area contributed by atoms with Crippen LogP contribution in [0.5, 0.6) is 5.75 Å². The predicted molar refractivity (Wildman–Crippen MR) is 107 cm³/mol. The van der Waals surface area contributed by atoms with Crippen LogP contribution >= 0.6 is 0 Å². The van der Waals surface area contributed by atoms with Crippen molar-refractivity contribution in [1.82, 2.24) is 30.5 Å². The lowest BCUT2D eigenvalue weighted by Gasteiger charge is -2.06. The summed E-state index contributed by atoms with van der Waals surface area (Å²) in [7, 11) is 1.62. The predicted octanol–water partition coefficient (Wildman–Crippen LogP) is 2.87. The molecular weight excluding hydrogens is 368 g/mol. The first-order chi connectivity index (χ1) is 14.2. The Labute approximate surface area is 167 Å². The second kappa shape index (κ2) is 8.30. The van der Waals surface area contributed by atoms with E-state index in [9.17, 15) is 4.79 Å². The summed E-state index contributed by atoms with van der Waals surface area (Å²) in [6, 6.07) is 14.8. The van der Waals surface area contributed by atoms with Crippen molar-refractivity contribution in [2.24, 2.45) is 0 Å². The summed E-state index contributed by atoms with van der Waals surface area (Å²) >= 11 is 0. The van der Waals surface area contributed by atoms with E-state index in [1.54, 1.807) is 37.8 Å². The van der Waals surface area contributed by atoms with Crippen LogP contribution in [-0.4, -0.2) is 38.2 Å². The molecule has 8 heteroatoms. The summed E-state index contributed by atoms with van der Waals surface area (Å²) in [6.45, 7) is 0.226. The zero-order valence-corrected chi connectivity index (χ0v) is 15.7. The van der Waals surface area contributed by atoms with Gasteiger partial charge in [-0.3, -0.25) is 14.8 Å². The van der Waals surface area contributed by atoms with Gasteiger partial charge in [-0.25, -0.2) is 0 Å². The SMILES string of the molecule is COc1cccc(-c2ccc(C(=O)NCc3nnc(-c4cccnc4)[nH]3)cn2)c1. The van der Waals surface area contributed by atoms with E-state index in [4.69, 9.17) is 4.74 Å². The summed E-state index contributed by atoms with van der Waals surface area (Å²) in [5, 5.41) is 10.9. The Morgan fingerprint density at radius 2 is 1.97 bits per heavy atom.